The molecule has 1 rings (SSSR count). The number of allylic oxidation sites excluding steroid dienone is 4. The lowest BCUT2D eigenvalue weighted by Gasteiger charge is -2.15. The number of hydrogen-bond donors (Lipinski definition) is 1. The second kappa shape index (κ2) is 7.37. The van der Waals surface area contributed by atoms with E-state index in [4.69, 9.17) is 0 Å². The zero-order valence-electron chi connectivity index (χ0n) is 11.4. The van der Waals surface area contributed by atoms with Gasteiger partial charge in [0.25, 0.3) is 5.56 Å². The Morgan fingerprint density at radius 2 is 1.21 bits per heavy atom. The number of rotatable bonds is 8. The second-order valence-electron chi connectivity index (χ2n) is 4.34. The first-order valence-corrected chi connectivity index (χ1v) is 6.38. The highest BCUT2D eigenvalue weighted by molar-refractivity contribution is 5.40. The molecule has 0 aliphatic heterocycles. The number of H-pyrrole nitrogens is 1. The molecule has 19 heavy (non-hydrogen) atoms. The Hall–Kier alpha value is -2.09. The molecule has 1 aromatic heterocycles. The van der Waals surface area contributed by atoms with E-state index in [1.165, 1.54) is 0 Å². The highest BCUT2D eigenvalue weighted by atomic mass is 16.1. The lowest BCUT2D eigenvalue weighted by atomic mass is 9.93. The van der Waals surface area contributed by atoms with E-state index in [9.17, 15) is 4.79 Å². The highest BCUT2D eigenvalue weighted by Crippen LogP contribution is 2.19. The van der Waals surface area contributed by atoms with E-state index in [2.05, 4.69) is 31.3 Å². The summed E-state index contributed by atoms with van der Waals surface area (Å²) >= 11 is 0. The van der Waals surface area contributed by atoms with Crippen LogP contribution in [0.25, 0.3) is 0 Å². The highest BCUT2D eigenvalue weighted by Gasteiger charge is 2.14. The molecule has 1 N–H and O–H groups in total. The van der Waals surface area contributed by atoms with Crippen LogP contribution in [0.5, 0.6) is 0 Å². The molecule has 0 fully saturated rings. The molecule has 0 bridgehead atoms. The Balaban J connectivity index is 3.57. The van der Waals surface area contributed by atoms with Crippen LogP contribution in [0.15, 0.2) is 55.4 Å². The van der Waals surface area contributed by atoms with E-state index in [0.29, 0.717) is 19.3 Å². The molecule has 0 atom stereocenters. The molecule has 0 saturated heterocycles. The summed E-state index contributed by atoms with van der Waals surface area (Å²) in [5.41, 5.74) is 3.84. The standard InChI is InChI=1S/C17H21NO/c1-5-9-13-14(10-6-2)16(12-8-4)18-17(19)15(13)11-7-3/h5-8H,1-4,9-12H2,(H,18,19). The molecule has 0 saturated carbocycles. The fourth-order valence-electron chi connectivity index (χ4n) is 2.25. The van der Waals surface area contributed by atoms with E-state index in [0.717, 1.165) is 28.8 Å². The molecule has 0 unspecified atom stereocenters. The molecule has 0 aliphatic carbocycles. The quantitative estimate of drug-likeness (QED) is 0.710. The molecular weight excluding hydrogens is 234 g/mol. The summed E-state index contributed by atoms with van der Waals surface area (Å²) < 4.78 is 0. The van der Waals surface area contributed by atoms with Crippen LogP contribution in [0.3, 0.4) is 0 Å². The minimum atomic E-state index is -0.0404. The number of aromatic nitrogens is 1. The average Bonchev–Trinajstić information content (AvgIpc) is 2.38. The Morgan fingerprint density at radius 3 is 1.74 bits per heavy atom. The van der Waals surface area contributed by atoms with Gasteiger partial charge in [-0.2, -0.15) is 0 Å². The van der Waals surface area contributed by atoms with E-state index >= 15 is 0 Å². The van der Waals surface area contributed by atoms with Crippen LogP contribution < -0.4 is 5.56 Å². The molecule has 2 heteroatoms. The van der Waals surface area contributed by atoms with Gasteiger partial charge in [0.1, 0.15) is 0 Å². The van der Waals surface area contributed by atoms with Crippen molar-refractivity contribution in [2.45, 2.75) is 25.7 Å². The van der Waals surface area contributed by atoms with Gasteiger partial charge in [0.2, 0.25) is 0 Å². The van der Waals surface area contributed by atoms with Gasteiger partial charge in [-0.3, -0.25) is 4.79 Å². The van der Waals surface area contributed by atoms with Crippen molar-refractivity contribution in [2.75, 3.05) is 0 Å². The Labute approximate surface area is 114 Å². The smallest absolute Gasteiger partial charge is 0.251 e. The fraction of sp³-hybridized carbons (Fsp3) is 0.235. The van der Waals surface area contributed by atoms with Gasteiger partial charge >= 0.3 is 0 Å². The van der Waals surface area contributed by atoms with Gasteiger partial charge in [-0.05, 0) is 30.4 Å². The lowest BCUT2D eigenvalue weighted by Crippen LogP contribution is -2.20. The van der Waals surface area contributed by atoms with Crippen molar-refractivity contribution in [1.82, 2.24) is 4.98 Å². The van der Waals surface area contributed by atoms with E-state index < -0.39 is 0 Å². The summed E-state index contributed by atoms with van der Waals surface area (Å²) in [6, 6.07) is 0. The molecule has 0 aromatic carbocycles. The van der Waals surface area contributed by atoms with Crippen LogP contribution in [0.2, 0.25) is 0 Å². The summed E-state index contributed by atoms with van der Waals surface area (Å²) in [5, 5.41) is 0. The van der Waals surface area contributed by atoms with Crippen LogP contribution in [-0.4, -0.2) is 4.98 Å². The first-order valence-electron chi connectivity index (χ1n) is 6.38. The molecular formula is C17H21NO. The molecule has 0 spiro atoms. The number of aromatic amines is 1. The first kappa shape index (κ1) is 15.0. The summed E-state index contributed by atoms with van der Waals surface area (Å²) in [5.74, 6) is 0. The molecule has 2 nitrogen and oxygen atoms in total. The SMILES string of the molecule is C=CCc1[nH]c(=O)c(CC=C)c(CC=C)c1CC=C. The van der Waals surface area contributed by atoms with Gasteiger partial charge < -0.3 is 4.98 Å². The van der Waals surface area contributed by atoms with Gasteiger partial charge in [-0.25, -0.2) is 0 Å². The van der Waals surface area contributed by atoms with Gasteiger partial charge in [0, 0.05) is 17.7 Å². The third-order valence-electron chi connectivity index (χ3n) is 3.03. The first-order chi connectivity index (χ1) is 9.19. The Bertz CT molecular complexity index is 549. The monoisotopic (exact) mass is 255 g/mol. The largest absolute Gasteiger partial charge is 0.325 e. The van der Waals surface area contributed by atoms with Gasteiger partial charge in [0.05, 0.1) is 0 Å². The molecule has 100 valence electrons. The van der Waals surface area contributed by atoms with Gasteiger partial charge in [-0.1, -0.05) is 24.3 Å². The zero-order valence-corrected chi connectivity index (χ0v) is 11.4. The maximum Gasteiger partial charge on any atom is 0.251 e. The fourth-order valence-corrected chi connectivity index (χ4v) is 2.25. The van der Waals surface area contributed by atoms with Crippen molar-refractivity contribution in [3.05, 3.63) is 83.4 Å². The Kier molecular flexibility index (Phi) is 5.80. The summed E-state index contributed by atoms with van der Waals surface area (Å²) in [4.78, 5) is 15.1. The maximum atomic E-state index is 12.2. The van der Waals surface area contributed by atoms with Gasteiger partial charge in [-0.15, -0.1) is 26.3 Å². The number of pyridine rings is 1. The van der Waals surface area contributed by atoms with Crippen molar-refractivity contribution in [3.63, 3.8) is 0 Å². The van der Waals surface area contributed by atoms with E-state index in [1.54, 1.807) is 12.2 Å². The van der Waals surface area contributed by atoms with Crippen molar-refractivity contribution >= 4 is 0 Å². The summed E-state index contributed by atoms with van der Waals surface area (Å²) in [6.07, 6.45) is 9.85. The molecule has 0 radical (unpaired) electrons. The molecule has 0 amide bonds. The molecule has 0 aliphatic rings. The molecule has 1 heterocycles. The normalized spacial score (nSPS) is 9.89. The zero-order chi connectivity index (χ0) is 14.3. The third-order valence-corrected chi connectivity index (χ3v) is 3.03. The molecule has 1 aromatic rings. The Morgan fingerprint density at radius 1 is 0.737 bits per heavy atom. The van der Waals surface area contributed by atoms with Crippen LogP contribution >= 0.6 is 0 Å². The second-order valence-corrected chi connectivity index (χ2v) is 4.34. The third kappa shape index (κ3) is 3.44. The topological polar surface area (TPSA) is 32.9 Å². The average molecular weight is 255 g/mol. The van der Waals surface area contributed by atoms with Crippen LogP contribution in [0, 0.1) is 0 Å². The summed E-state index contributed by atoms with van der Waals surface area (Å²) in [7, 11) is 0. The van der Waals surface area contributed by atoms with Crippen LogP contribution in [0.1, 0.15) is 22.4 Å². The van der Waals surface area contributed by atoms with Crippen molar-refractivity contribution in [2.24, 2.45) is 0 Å². The predicted molar refractivity (Wildman–Crippen MR) is 82.7 cm³/mol. The minimum absolute atomic E-state index is 0.0404. The predicted octanol–water partition coefficient (Wildman–Crippen LogP) is 3.29. The number of hydrogen-bond acceptors (Lipinski definition) is 1. The van der Waals surface area contributed by atoms with Crippen LogP contribution in [-0.2, 0) is 25.7 Å². The minimum Gasteiger partial charge on any atom is -0.325 e. The van der Waals surface area contributed by atoms with Crippen molar-refractivity contribution in [3.8, 4) is 0 Å². The van der Waals surface area contributed by atoms with Gasteiger partial charge in [0.15, 0.2) is 0 Å². The van der Waals surface area contributed by atoms with Crippen LogP contribution in [0.4, 0.5) is 0 Å². The number of nitrogens with one attached hydrogen (secondary N) is 1. The maximum absolute atomic E-state index is 12.2. The van der Waals surface area contributed by atoms with Crippen molar-refractivity contribution < 1.29 is 0 Å². The van der Waals surface area contributed by atoms with E-state index in [1.807, 2.05) is 12.2 Å². The summed E-state index contributed by atoms with van der Waals surface area (Å²) in [6.45, 7) is 15.0. The van der Waals surface area contributed by atoms with Crippen molar-refractivity contribution in [1.29, 1.82) is 0 Å². The van der Waals surface area contributed by atoms with E-state index in [-0.39, 0.29) is 5.56 Å². The lowest BCUT2D eigenvalue weighted by molar-refractivity contribution is 0.942.